The summed E-state index contributed by atoms with van der Waals surface area (Å²) in [6.07, 6.45) is 0. The molecule has 106 valence electrons. The lowest BCUT2D eigenvalue weighted by Gasteiger charge is -2.02. The van der Waals surface area contributed by atoms with E-state index in [9.17, 15) is 5.11 Å². The maximum atomic E-state index is 9.97. The number of methoxy groups -OCH3 is 1. The van der Waals surface area contributed by atoms with Crippen LogP contribution in [0.4, 0.5) is 0 Å². The van der Waals surface area contributed by atoms with Gasteiger partial charge in [0.15, 0.2) is 0 Å². The van der Waals surface area contributed by atoms with Crippen LogP contribution in [0.25, 0.3) is 22.8 Å². The SMILES string of the molecule is COc1ccc(-c2nc(-c3cccc(Cl)c3)no2)c(O)c1. The average molecular weight is 303 g/mol. The largest absolute Gasteiger partial charge is 0.507 e. The third-order valence-electron chi connectivity index (χ3n) is 2.94. The Morgan fingerprint density at radius 3 is 2.76 bits per heavy atom. The summed E-state index contributed by atoms with van der Waals surface area (Å²) >= 11 is 5.94. The first kappa shape index (κ1) is 13.5. The number of phenolic OH excluding ortho intramolecular Hbond substituents is 1. The zero-order chi connectivity index (χ0) is 14.8. The van der Waals surface area contributed by atoms with E-state index < -0.39 is 0 Å². The summed E-state index contributed by atoms with van der Waals surface area (Å²) in [4.78, 5) is 4.27. The molecule has 0 spiro atoms. The Hall–Kier alpha value is -2.53. The van der Waals surface area contributed by atoms with Crippen LogP contribution in [0.5, 0.6) is 11.5 Å². The van der Waals surface area contributed by atoms with Crippen LogP contribution in [0.3, 0.4) is 0 Å². The van der Waals surface area contributed by atoms with Crippen molar-refractivity contribution in [3.8, 4) is 34.3 Å². The highest BCUT2D eigenvalue weighted by Crippen LogP contribution is 2.32. The molecular weight excluding hydrogens is 292 g/mol. The molecular formula is C15H11ClN2O3. The lowest BCUT2D eigenvalue weighted by atomic mass is 10.2. The zero-order valence-electron chi connectivity index (χ0n) is 11.1. The molecule has 0 aliphatic carbocycles. The molecule has 1 aromatic heterocycles. The quantitative estimate of drug-likeness (QED) is 0.797. The molecule has 0 aliphatic rings. The van der Waals surface area contributed by atoms with Crippen molar-refractivity contribution in [2.75, 3.05) is 7.11 Å². The van der Waals surface area contributed by atoms with Crippen LogP contribution in [0.2, 0.25) is 5.02 Å². The molecule has 1 N–H and O–H groups in total. The molecule has 2 aromatic carbocycles. The van der Waals surface area contributed by atoms with Gasteiger partial charge in [0, 0.05) is 16.7 Å². The second kappa shape index (κ2) is 5.46. The Morgan fingerprint density at radius 2 is 2.05 bits per heavy atom. The zero-order valence-corrected chi connectivity index (χ0v) is 11.8. The molecule has 3 aromatic rings. The second-order valence-electron chi connectivity index (χ2n) is 4.32. The van der Waals surface area contributed by atoms with Gasteiger partial charge in [-0.2, -0.15) is 4.98 Å². The van der Waals surface area contributed by atoms with E-state index in [0.29, 0.717) is 22.2 Å². The van der Waals surface area contributed by atoms with E-state index in [1.54, 1.807) is 30.3 Å². The maximum Gasteiger partial charge on any atom is 0.262 e. The van der Waals surface area contributed by atoms with Gasteiger partial charge >= 0.3 is 0 Å². The first-order chi connectivity index (χ1) is 10.2. The highest BCUT2D eigenvalue weighted by Gasteiger charge is 2.14. The lowest BCUT2D eigenvalue weighted by molar-refractivity contribution is 0.405. The molecule has 0 radical (unpaired) electrons. The van der Waals surface area contributed by atoms with Crippen LogP contribution in [0.1, 0.15) is 0 Å². The van der Waals surface area contributed by atoms with E-state index in [0.717, 1.165) is 5.56 Å². The second-order valence-corrected chi connectivity index (χ2v) is 4.75. The summed E-state index contributed by atoms with van der Waals surface area (Å²) in [5, 5.41) is 14.5. The Labute approximate surface area is 125 Å². The standard InChI is InChI=1S/C15H11ClN2O3/c1-20-11-5-6-12(13(19)8-11)15-17-14(18-21-15)9-3-2-4-10(16)7-9/h2-8,19H,1H3. The minimum atomic E-state index is 0.00986. The van der Waals surface area contributed by atoms with E-state index >= 15 is 0 Å². The third-order valence-corrected chi connectivity index (χ3v) is 3.18. The van der Waals surface area contributed by atoms with Gasteiger partial charge in [-0.3, -0.25) is 0 Å². The molecule has 0 amide bonds. The molecule has 0 saturated carbocycles. The summed E-state index contributed by atoms with van der Waals surface area (Å²) in [7, 11) is 1.53. The van der Waals surface area contributed by atoms with Crippen molar-refractivity contribution in [1.29, 1.82) is 0 Å². The van der Waals surface area contributed by atoms with Crippen LogP contribution in [-0.4, -0.2) is 22.4 Å². The molecule has 0 fully saturated rings. The van der Waals surface area contributed by atoms with E-state index in [1.807, 2.05) is 6.07 Å². The third kappa shape index (κ3) is 2.68. The number of hydrogen-bond donors (Lipinski definition) is 1. The van der Waals surface area contributed by atoms with Gasteiger partial charge in [-0.1, -0.05) is 28.9 Å². The number of aromatic hydroxyl groups is 1. The number of aromatic nitrogens is 2. The Bertz CT molecular complexity index is 786. The van der Waals surface area contributed by atoms with Gasteiger partial charge in [0.1, 0.15) is 11.5 Å². The van der Waals surface area contributed by atoms with Crippen molar-refractivity contribution < 1.29 is 14.4 Å². The minimum absolute atomic E-state index is 0.00986. The molecule has 3 rings (SSSR count). The Morgan fingerprint density at radius 1 is 1.19 bits per heavy atom. The smallest absolute Gasteiger partial charge is 0.262 e. The monoisotopic (exact) mass is 302 g/mol. The molecule has 0 atom stereocenters. The van der Waals surface area contributed by atoms with E-state index in [2.05, 4.69) is 10.1 Å². The highest BCUT2D eigenvalue weighted by atomic mass is 35.5. The van der Waals surface area contributed by atoms with E-state index in [4.69, 9.17) is 20.9 Å². The number of ether oxygens (including phenoxy) is 1. The molecule has 21 heavy (non-hydrogen) atoms. The average Bonchev–Trinajstić information content (AvgIpc) is 2.96. The van der Waals surface area contributed by atoms with Crippen LogP contribution in [-0.2, 0) is 0 Å². The Balaban J connectivity index is 1.98. The summed E-state index contributed by atoms with van der Waals surface area (Å²) in [6.45, 7) is 0. The van der Waals surface area contributed by atoms with Crippen molar-refractivity contribution >= 4 is 11.6 Å². The van der Waals surface area contributed by atoms with Crippen LogP contribution in [0, 0.1) is 0 Å². The van der Waals surface area contributed by atoms with Crippen LogP contribution in [0.15, 0.2) is 47.0 Å². The number of hydrogen-bond acceptors (Lipinski definition) is 5. The molecule has 0 saturated heterocycles. The predicted octanol–water partition coefficient (Wildman–Crippen LogP) is 3.77. The van der Waals surface area contributed by atoms with Gasteiger partial charge in [-0.05, 0) is 24.3 Å². The van der Waals surface area contributed by atoms with Crippen LogP contribution >= 0.6 is 11.6 Å². The maximum absolute atomic E-state index is 9.97. The number of benzene rings is 2. The van der Waals surface area contributed by atoms with Gasteiger partial charge in [-0.25, -0.2) is 0 Å². The lowest BCUT2D eigenvalue weighted by Crippen LogP contribution is -1.85. The van der Waals surface area contributed by atoms with Crippen molar-refractivity contribution in [3.63, 3.8) is 0 Å². The van der Waals surface area contributed by atoms with Crippen molar-refractivity contribution in [1.82, 2.24) is 10.1 Å². The van der Waals surface area contributed by atoms with Gasteiger partial charge in [0.2, 0.25) is 5.82 Å². The van der Waals surface area contributed by atoms with Crippen LogP contribution < -0.4 is 4.74 Å². The molecule has 6 heteroatoms. The summed E-state index contributed by atoms with van der Waals surface area (Å²) in [5.74, 6) is 1.19. The summed E-state index contributed by atoms with van der Waals surface area (Å²) in [6, 6.07) is 12.0. The molecule has 0 unspecified atom stereocenters. The first-order valence-electron chi connectivity index (χ1n) is 6.14. The topological polar surface area (TPSA) is 68.4 Å². The molecule has 0 bridgehead atoms. The fourth-order valence-electron chi connectivity index (χ4n) is 1.90. The molecule has 0 aliphatic heterocycles. The van der Waals surface area contributed by atoms with Gasteiger partial charge < -0.3 is 14.4 Å². The Kier molecular flexibility index (Phi) is 3.50. The molecule has 1 heterocycles. The summed E-state index contributed by atoms with van der Waals surface area (Å²) < 4.78 is 10.2. The number of halogens is 1. The molecule has 5 nitrogen and oxygen atoms in total. The van der Waals surface area contributed by atoms with Gasteiger partial charge in [0.25, 0.3) is 5.89 Å². The normalized spacial score (nSPS) is 10.6. The highest BCUT2D eigenvalue weighted by molar-refractivity contribution is 6.30. The first-order valence-corrected chi connectivity index (χ1v) is 6.52. The number of phenols is 1. The number of rotatable bonds is 3. The minimum Gasteiger partial charge on any atom is -0.507 e. The predicted molar refractivity (Wildman–Crippen MR) is 78.4 cm³/mol. The fraction of sp³-hybridized carbons (Fsp3) is 0.0667. The number of nitrogens with zero attached hydrogens (tertiary/aromatic N) is 2. The van der Waals surface area contributed by atoms with E-state index in [-0.39, 0.29) is 11.6 Å². The summed E-state index contributed by atoms with van der Waals surface area (Å²) in [5.41, 5.74) is 1.18. The fourth-order valence-corrected chi connectivity index (χ4v) is 2.09. The van der Waals surface area contributed by atoms with E-state index in [1.165, 1.54) is 13.2 Å². The van der Waals surface area contributed by atoms with Crippen molar-refractivity contribution in [2.45, 2.75) is 0 Å². The van der Waals surface area contributed by atoms with Gasteiger partial charge in [0.05, 0.1) is 12.7 Å². The van der Waals surface area contributed by atoms with Gasteiger partial charge in [-0.15, -0.1) is 0 Å². The van der Waals surface area contributed by atoms with Crippen molar-refractivity contribution in [2.24, 2.45) is 0 Å². The van der Waals surface area contributed by atoms with Crippen molar-refractivity contribution in [3.05, 3.63) is 47.5 Å².